The van der Waals surface area contributed by atoms with Crippen LogP contribution in [0.2, 0.25) is 0 Å². The molecule has 0 aromatic heterocycles. The first-order valence-electron chi connectivity index (χ1n) is 8.34. The van der Waals surface area contributed by atoms with Crippen molar-refractivity contribution < 1.29 is 23.8 Å². The third kappa shape index (κ3) is 10.3. The summed E-state index contributed by atoms with van der Waals surface area (Å²) < 4.78 is 15.5. The first-order chi connectivity index (χ1) is 11.4. The van der Waals surface area contributed by atoms with Gasteiger partial charge in [0.05, 0.1) is 6.04 Å². The quantitative estimate of drug-likeness (QED) is 0.809. The molecule has 1 N–H and O–H groups in total. The van der Waals surface area contributed by atoms with Crippen LogP contribution in [0.3, 0.4) is 0 Å². The van der Waals surface area contributed by atoms with E-state index in [0.29, 0.717) is 6.42 Å². The highest BCUT2D eigenvalue weighted by atomic mass is 16.7. The molecule has 6 nitrogen and oxygen atoms in total. The summed E-state index contributed by atoms with van der Waals surface area (Å²) >= 11 is 0. The summed E-state index contributed by atoms with van der Waals surface area (Å²) in [6.45, 7) is 10.6. The average Bonchev–Trinajstić information content (AvgIpc) is 2.42. The van der Waals surface area contributed by atoms with Gasteiger partial charge in [-0.05, 0) is 53.5 Å². The second kappa shape index (κ2) is 8.74. The molecule has 1 amide bonds. The van der Waals surface area contributed by atoms with Gasteiger partial charge in [-0.2, -0.15) is 0 Å². The number of carbonyl (C=O) groups is 2. The van der Waals surface area contributed by atoms with Gasteiger partial charge in [-0.3, -0.25) is 0 Å². The van der Waals surface area contributed by atoms with Gasteiger partial charge < -0.3 is 19.5 Å². The Balaban J connectivity index is 2.67. The van der Waals surface area contributed by atoms with Gasteiger partial charge in [0.2, 0.25) is 0 Å². The molecule has 1 aromatic carbocycles. The monoisotopic (exact) mass is 351 g/mol. The Labute approximate surface area is 149 Å². The minimum Gasteiger partial charge on any atom is -0.444 e. The summed E-state index contributed by atoms with van der Waals surface area (Å²) in [5.41, 5.74) is -0.228. The third-order valence-electron chi connectivity index (χ3n) is 2.84. The van der Waals surface area contributed by atoms with E-state index in [2.05, 4.69) is 5.32 Å². The Hall–Kier alpha value is -2.24. The summed E-state index contributed by atoms with van der Waals surface area (Å²) in [5.74, 6) is 0. The van der Waals surface area contributed by atoms with Gasteiger partial charge in [0.1, 0.15) is 17.8 Å². The van der Waals surface area contributed by atoms with E-state index in [0.717, 1.165) is 5.56 Å². The molecule has 0 aliphatic heterocycles. The highest BCUT2D eigenvalue weighted by Crippen LogP contribution is 2.11. The predicted molar refractivity (Wildman–Crippen MR) is 95.5 cm³/mol. The van der Waals surface area contributed by atoms with Crippen molar-refractivity contribution in [1.82, 2.24) is 5.32 Å². The number of carbonyl (C=O) groups excluding carboxylic acids is 2. The molecule has 1 aromatic rings. The van der Waals surface area contributed by atoms with Gasteiger partial charge in [-0.15, -0.1) is 0 Å². The first-order valence-corrected chi connectivity index (χ1v) is 8.34. The molecule has 0 saturated heterocycles. The van der Waals surface area contributed by atoms with E-state index in [-0.39, 0.29) is 6.61 Å². The molecule has 140 valence electrons. The number of amides is 1. The van der Waals surface area contributed by atoms with E-state index in [9.17, 15) is 9.59 Å². The van der Waals surface area contributed by atoms with E-state index in [4.69, 9.17) is 14.2 Å². The van der Waals surface area contributed by atoms with Crippen molar-refractivity contribution in [2.24, 2.45) is 0 Å². The molecule has 0 aliphatic carbocycles. The molecule has 0 radical (unpaired) electrons. The molecule has 1 rings (SSSR count). The fraction of sp³-hybridized carbons (Fsp3) is 0.579. The second-order valence-electron chi connectivity index (χ2n) is 7.81. The van der Waals surface area contributed by atoms with Crippen LogP contribution in [-0.4, -0.2) is 36.1 Å². The number of rotatable bonds is 5. The minimum atomic E-state index is -0.767. The van der Waals surface area contributed by atoms with Gasteiger partial charge in [0.25, 0.3) is 0 Å². The number of hydrogen-bond acceptors (Lipinski definition) is 5. The summed E-state index contributed by atoms with van der Waals surface area (Å²) in [5, 5.41) is 2.75. The number of nitrogens with one attached hydrogen (secondary N) is 1. The molecule has 0 unspecified atom stereocenters. The second-order valence-corrected chi connectivity index (χ2v) is 7.81. The number of hydrogen-bond donors (Lipinski definition) is 1. The van der Waals surface area contributed by atoms with Crippen LogP contribution < -0.4 is 5.32 Å². The summed E-state index contributed by atoms with van der Waals surface area (Å²) in [4.78, 5) is 23.8. The molecule has 0 aliphatic rings. The van der Waals surface area contributed by atoms with E-state index < -0.39 is 29.5 Å². The maximum atomic E-state index is 12.0. The molecule has 0 fully saturated rings. The average molecular weight is 351 g/mol. The van der Waals surface area contributed by atoms with Crippen molar-refractivity contribution in [3.8, 4) is 0 Å². The van der Waals surface area contributed by atoms with Gasteiger partial charge in [0, 0.05) is 0 Å². The zero-order chi connectivity index (χ0) is 19.1. The van der Waals surface area contributed by atoms with Gasteiger partial charge >= 0.3 is 12.2 Å². The summed E-state index contributed by atoms with van der Waals surface area (Å²) in [7, 11) is 0. The molecule has 0 heterocycles. The van der Waals surface area contributed by atoms with Crippen molar-refractivity contribution in [2.75, 3.05) is 6.61 Å². The Bertz CT molecular complexity index is 557. The minimum absolute atomic E-state index is 0.0109. The first kappa shape index (κ1) is 20.8. The van der Waals surface area contributed by atoms with Crippen LogP contribution in [0.5, 0.6) is 0 Å². The zero-order valence-electron chi connectivity index (χ0n) is 15.9. The van der Waals surface area contributed by atoms with Crippen molar-refractivity contribution >= 4 is 12.2 Å². The van der Waals surface area contributed by atoms with E-state index in [1.807, 2.05) is 30.3 Å². The predicted octanol–water partition coefficient (Wildman–Crippen LogP) is 4.07. The lowest BCUT2D eigenvalue weighted by Crippen LogP contribution is -2.43. The highest BCUT2D eigenvalue weighted by molar-refractivity contribution is 5.68. The van der Waals surface area contributed by atoms with Gasteiger partial charge in [-0.25, -0.2) is 9.59 Å². The molecule has 25 heavy (non-hydrogen) atoms. The number of alkyl carbamates (subject to hydrolysis) is 1. The van der Waals surface area contributed by atoms with Crippen molar-refractivity contribution in [1.29, 1.82) is 0 Å². The van der Waals surface area contributed by atoms with E-state index in [1.54, 1.807) is 41.5 Å². The maximum Gasteiger partial charge on any atom is 0.508 e. The van der Waals surface area contributed by atoms with Crippen molar-refractivity contribution in [2.45, 2.75) is 65.2 Å². The van der Waals surface area contributed by atoms with Crippen LogP contribution in [0.15, 0.2) is 30.3 Å². The van der Waals surface area contributed by atoms with Crippen LogP contribution >= 0.6 is 0 Å². The zero-order valence-corrected chi connectivity index (χ0v) is 15.9. The Morgan fingerprint density at radius 2 is 1.52 bits per heavy atom. The van der Waals surface area contributed by atoms with Crippen molar-refractivity contribution in [3.05, 3.63) is 35.9 Å². The number of benzene rings is 1. The Morgan fingerprint density at radius 1 is 0.960 bits per heavy atom. The lowest BCUT2D eigenvalue weighted by molar-refractivity contribution is -0.0119. The smallest absolute Gasteiger partial charge is 0.444 e. The van der Waals surface area contributed by atoms with Crippen LogP contribution in [0, 0.1) is 0 Å². The number of ether oxygens (including phenoxy) is 3. The summed E-state index contributed by atoms with van der Waals surface area (Å²) in [6.07, 6.45) is -0.819. The van der Waals surface area contributed by atoms with Gasteiger partial charge in [0.15, 0.2) is 0 Å². The standard InChI is InChI=1S/C19H29NO5/c1-18(2,3)24-16(21)20-15(12-14-10-8-7-9-11-14)13-23-17(22)25-19(4,5)6/h7-11,15H,12-13H2,1-6H3,(H,20,21)/t15-/m0/s1. The molecule has 1 atom stereocenters. The van der Waals surface area contributed by atoms with Crippen LogP contribution in [0.25, 0.3) is 0 Å². The van der Waals surface area contributed by atoms with Crippen LogP contribution in [-0.2, 0) is 20.6 Å². The molecular formula is C19H29NO5. The topological polar surface area (TPSA) is 73.9 Å². The fourth-order valence-corrected chi connectivity index (χ4v) is 1.97. The molecule has 6 heteroatoms. The van der Waals surface area contributed by atoms with Crippen LogP contribution in [0.4, 0.5) is 9.59 Å². The van der Waals surface area contributed by atoms with E-state index >= 15 is 0 Å². The molecule has 0 spiro atoms. The maximum absolute atomic E-state index is 12.0. The molecular weight excluding hydrogens is 322 g/mol. The van der Waals surface area contributed by atoms with E-state index in [1.165, 1.54) is 0 Å². The van der Waals surface area contributed by atoms with Crippen LogP contribution in [0.1, 0.15) is 47.1 Å². The largest absolute Gasteiger partial charge is 0.508 e. The lowest BCUT2D eigenvalue weighted by atomic mass is 10.1. The van der Waals surface area contributed by atoms with Crippen molar-refractivity contribution in [3.63, 3.8) is 0 Å². The highest BCUT2D eigenvalue weighted by Gasteiger charge is 2.23. The third-order valence-corrected chi connectivity index (χ3v) is 2.84. The van der Waals surface area contributed by atoms with Gasteiger partial charge in [-0.1, -0.05) is 30.3 Å². The normalized spacial score (nSPS) is 12.9. The molecule has 0 saturated carbocycles. The lowest BCUT2D eigenvalue weighted by Gasteiger charge is -2.24. The Morgan fingerprint density at radius 3 is 2.04 bits per heavy atom. The Kier molecular flexibility index (Phi) is 7.27. The SMILES string of the molecule is CC(C)(C)OC(=O)N[C@H](COC(=O)OC(C)(C)C)Cc1ccccc1. The summed E-state index contributed by atoms with van der Waals surface area (Å²) in [6, 6.07) is 9.19. The fourth-order valence-electron chi connectivity index (χ4n) is 1.97. The molecule has 0 bridgehead atoms.